The number of esters is 2. The van der Waals surface area contributed by atoms with Crippen LogP contribution in [-0.2, 0) is 88.0 Å². The first-order chi connectivity index (χ1) is 38.3. The molecule has 410 valence electrons. The Balaban J connectivity index is 0.974. The molecule has 17 nitrogen and oxygen atoms in total. The minimum absolute atomic E-state index is 0.00611. The largest absolute Gasteiger partial charge is 0.458 e. The van der Waals surface area contributed by atoms with Crippen molar-refractivity contribution in [2.24, 2.45) is 0 Å². The average molecular weight is 1070 g/mol. The molecule has 4 fully saturated rings. The number of epoxide rings is 1. The van der Waals surface area contributed by atoms with Crippen LogP contribution in [0.15, 0.2) is 182 Å². The summed E-state index contributed by atoms with van der Waals surface area (Å²) in [6.45, 7) is -0.477. The number of hydrogen-bond acceptors (Lipinski definition) is 17. The Labute approximate surface area is 452 Å². The number of aliphatic hydroxyl groups is 2. The third kappa shape index (κ3) is 13.9. The SMILES string of the molecule is CO[C@@H]1O[C@H](COCc2ccccc2)[C@H](O[C@H]2O[C@@H]([C@H](O)CO)[C@H](OCc3ccccc3)[C@H]2O[C@H]2O[C@@H]([C@@H](COC(=O)c3ccccc3)OC(=O)c3ccccc3)[C@H]3O[C@@H]23)[C@H](OCc2ccccc2)[C@H]1OCc1ccccc1. The van der Waals surface area contributed by atoms with Crippen LogP contribution in [0.5, 0.6) is 0 Å². The predicted octanol–water partition coefficient (Wildman–Crippen LogP) is 6.75. The molecule has 6 aromatic carbocycles. The van der Waals surface area contributed by atoms with Crippen LogP contribution in [0.1, 0.15) is 43.0 Å². The van der Waals surface area contributed by atoms with E-state index in [9.17, 15) is 19.8 Å². The first kappa shape index (κ1) is 55.1. The smallest absolute Gasteiger partial charge is 0.338 e. The van der Waals surface area contributed by atoms with E-state index < -0.39 is 111 Å². The molecule has 17 heteroatoms. The number of aliphatic hydroxyl groups excluding tert-OH is 2. The Bertz CT molecular complexity index is 2750. The first-order valence-corrected chi connectivity index (χ1v) is 26.1. The molecule has 0 unspecified atom stereocenters. The van der Waals surface area contributed by atoms with Crippen molar-refractivity contribution in [3.63, 3.8) is 0 Å². The lowest BCUT2D eigenvalue weighted by atomic mass is 9.97. The number of carbonyl (C=O) groups is 2. The highest BCUT2D eigenvalue weighted by Gasteiger charge is 2.64. The van der Waals surface area contributed by atoms with Gasteiger partial charge in [-0.1, -0.05) is 158 Å². The number of benzene rings is 6. The van der Waals surface area contributed by atoms with Gasteiger partial charge in [0.15, 0.2) is 25.0 Å². The molecule has 4 aliphatic heterocycles. The molecule has 0 aromatic heterocycles. The Kier molecular flexibility index (Phi) is 19.1. The van der Waals surface area contributed by atoms with Crippen molar-refractivity contribution in [1.82, 2.24) is 0 Å². The van der Waals surface area contributed by atoms with Crippen LogP contribution in [0.25, 0.3) is 0 Å². The van der Waals surface area contributed by atoms with E-state index in [2.05, 4.69) is 0 Å². The fourth-order valence-electron chi connectivity index (χ4n) is 9.84. The zero-order chi connectivity index (χ0) is 53.6. The first-order valence-electron chi connectivity index (χ1n) is 26.1. The highest BCUT2D eigenvalue weighted by atomic mass is 16.8. The number of fused-ring (bicyclic) bond motifs is 1. The van der Waals surface area contributed by atoms with E-state index in [1.54, 1.807) is 60.7 Å². The van der Waals surface area contributed by atoms with E-state index in [1.165, 1.54) is 7.11 Å². The third-order valence-electron chi connectivity index (χ3n) is 13.9. The molecule has 15 atom stereocenters. The van der Waals surface area contributed by atoms with Crippen LogP contribution in [0.4, 0.5) is 0 Å². The lowest BCUT2D eigenvalue weighted by molar-refractivity contribution is -0.347. The third-order valence-corrected chi connectivity index (χ3v) is 13.9. The number of ether oxygens (including phenoxy) is 13. The van der Waals surface area contributed by atoms with Gasteiger partial charge in [0.2, 0.25) is 0 Å². The monoisotopic (exact) mass is 1070 g/mol. The highest BCUT2D eigenvalue weighted by molar-refractivity contribution is 5.90. The van der Waals surface area contributed by atoms with Crippen LogP contribution in [0.3, 0.4) is 0 Å². The van der Waals surface area contributed by atoms with Gasteiger partial charge in [-0.05, 0) is 46.5 Å². The van der Waals surface area contributed by atoms with E-state index in [0.717, 1.165) is 22.3 Å². The summed E-state index contributed by atoms with van der Waals surface area (Å²) in [6.07, 6.45) is -15.9. The van der Waals surface area contributed by atoms with Crippen molar-refractivity contribution in [2.45, 2.75) is 119 Å². The summed E-state index contributed by atoms with van der Waals surface area (Å²) in [5.74, 6) is -1.30. The molecule has 4 saturated heterocycles. The lowest BCUT2D eigenvalue weighted by Gasteiger charge is -2.46. The van der Waals surface area contributed by atoms with Crippen LogP contribution in [0, 0.1) is 0 Å². The van der Waals surface area contributed by atoms with Crippen LogP contribution < -0.4 is 0 Å². The summed E-state index contributed by atoms with van der Waals surface area (Å²) < 4.78 is 84.9. The van der Waals surface area contributed by atoms with E-state index in [1.807, 2.05) is 121 Å². The van der Waals surface area contributed by atoms with Gasteiger partial charge in [-0.15, -0.1) is 0 Å². The molecule has 0 aliphatic carbocycles. The summed E-state index contributed by atoms with van der Waals surface area (Å²) in [4.78, 5) is 26.9. The molecular weight excluding hydrogens is 1000 g/mol. The minimum atomic E-state index is -1.48. The van der Waals surface area contributed by atoms with E-state index in [-0.39, 0.29) is 45.2 Å². The molecule has 0 amide bonds. The molecule has 0 saturated carbocycles. The molecular formula is C61H64O17. The van der Waals surface area contributed by atoms with Crippen molar-refractivity contribution in [3.8, 4) is 0 Å². The summed E-state index contributed by atoms with van der Waals surface area (Å²) >= 11 is 0. The highest BCUT2D eigenvalue weighted by Crippen LogP contribution is 2.45. The number of hydrogen-bond donors (Lipinski definition) is 2. The van der Waals surface area contributed by atoms with E-state index in [0.29, 0.717) is 5.56 Å². The molecule has 0 bridgehead atoms. The van der Waals surface area contributed by atoms with Gasteiger partial charge in [0.25, 0.3) is 0 Å². The molecule has 2 N–H and O–H groups in total. The molecule has 0 radical (unpaired) electrons. The quantitative estimate of drug-likeness (QED) is 0.0427. The van der Waals surface area contributed by atoms with Gasteiger partial charge in [-0.2, -0.15) is 0 Å². The van der Waals surface area contributed by atoms with Gasteiger partial charge in [-0.25, -0.2) is 9.59 Å². The molecule has 6 aromatic rings. The Hall–Kier alpha value is -6.26. The van der Waals surface area contributed by atoms with Crippen LogP contribution in [-0.4, -0.2) is 141 Å². The zero-order valence-electron chi connectivity index (χ0n) is 42.9. The standard InChI is InChI=1S/C61H64O17/c1-66-59-54(70-36-42-26-14-5-15-27-42)52(69-35-41-24-12-4-13-25-41)49(46(73-59)37-67-33-39-20-8-2-9-21-39)76-60-55(51(48(75-60)45(63)32-62)68-34-40-22-10-3-11-23-40)78-61-56-53(74-56)50(77-61)47(72-58(65)44-30-18-7-19-31-44)38-71-57(64)43-28-16-6-17-29-43/h2-31,45-56,59-63H,32-38H2,1H3/t45-,46-,47-,48+,49+,50+,51+,52+,53-,54-,55-,56-,59-,60-,61-/m1/s1. The van der Waals surface area contributed by atoms with Gasteiger partial charge >= 0.3 is 11.9 Å². The Morgan fingerprint density at radius 2 is 0.962 bits per heavy atom. The maximum absolute atomic E-state index is 13.7. The zero-order valence-corrected chi connectivity index (χ0v) is 42.9. The second kappa shape index (κ2) is 27.1. The molecule has 10 rings (SSSR count). The molecule has 0 spiro atoms. The van der Waals surface area contributed by atoms with Crippen molar-refractivity contribution < 1.29 is 81.4 Å². The van der Waals surface area contributed by atoms with E-state index in [4.69, 9.17) is 61.6 Å². The van der Waals surface area contributed by atoms with E-state index >= 15 is 0 Å². The maximum Gasteiger partial charge on any atom is 0.338 e. The van der Waals surface area contributed by atoms with Gasteiger partial charge in [0, 0.05) is 7.11 Å². The van der Waals surface area contributed by atoms with Crippen molar-refractivity contribution in [1.29, 1.82) is 0 Å². The number of carbonyl (C=O) groups excluding carboxylic acids is 2. The summed E-state index contributed by atoms with van der Waals surface area (Å²) in [5.41, 5.74) is 4.10. The summed E-state index contributed by atoms with van der Waals surface area (Å²) in [6, 6.07) is 55.3. The Morgan fingerprint density at radius 1 is 0.487 bits per heavy atom. The lowest BCUT2D eigenvalue weighted by Crippen LogP contribution is -2.62. The Morgan fingerprint density at radius 3 is 1.50 bits per heavy atom. The minimum Gasteiger partial charge on any atom is -0.458 e. The number of rotatable bonds is 26. The van der Waals surface area contributed by atoms with Crippen molar-refractivity contribution >= 4 is 11.9 Å². The second-order valence-corrected chi connectivity index (χ2v) is 19.3. The summed E-state index contributed by atoms with van der Waals surface area (Å²) in [7, 11) is 1.53. The van der Waals surface area contributed by atoms with Crippen LogP contribution in [0.2, 0.25) is 0 Å². The second-order valence-electron chi connectivity index (χ2n) is 19.3. The summed E-state index contributed by atoms with van der Waals surface area (Å²) in [5, 5.41) is 22.1. The predicted molar refractivity (Wildman–Crippen MR) is 278 cm³/mol. The van der Waals surface area contributed by atoms with Gasteiger partial charge in [0.1, 0.15) is 73.8 Å². The van der Waals surface area contributed by atoms with Crippen molar-refractivity contribution in [3.05, 3.63) is 215 Å². The van der Waals surface area contributed by atoms with Gasteiger partial charge in [0.05, 0.1) is 50.8 Å². The van der Waals surface area contributed by atoms with Gasteiger partial charge < -0.3 is 71.8 Å². The fourth-order valence-corrected chi connectivity index (χ4v) is 9.84. The molecule has 78 heavy (non-hydrogen) atoms. The topological polar surface area (TPSA) is 198 Å². The molecule has 4 aliphatic rings. The van der Waals surface area contributed by atoms with Crippen molar-refractivity contribution in [2.75, 3.05) is 26.9 Å². The normalized spacial score (nSPS) is 28.1. The molecule has 4 heterocycles. The number of methoxy groups -OCH3 is 1. The average Bonchev–Trinajstić information content (AvgIpc) is 4.30. The fraction of sp³-hybridized carbons (Fsp3) is 0.377. The maximum atomic E-state index is 13.7. The van der Waals surface area contributed by atoms with Crippen LogP contribution >= 0.6 is 0 Å². The van der Waals surface area contributed by atoms with Gasteiger partial charge in [-0.3, -0.25) is 0 Å².